The number of hydrogen-bond acceptors (Lipinski definition) is 8. The number of methoxy groups -OCH3 is 1. The smallest absolute Gasteiger partial charge is 0.305 e. The molecule has 2 aliphatic heterocycles. The van der Waals surface area contributed by atoms with Gasteiger partial charge in [0.1, 0.15) is 5.25 Å². The van der Waals surface area contributed by atoms with Crippen molar-refractivity contribution in [3.8, 4) is 11.5 Å². The summed E-state index contributed by atoms with van der Waals surface area (Å²) >= 11 is 2.26. The second-order valence-corrected chi connectivity index (χ2v) is 12.6. The standard InChI is InChI=1S/C33H25N3O6S2/c1-41-24-16-20(12-14-23(24)42-17-25(37)34-21-13-11-18-7-5-6-8-19(18)15-21)26-27-29(43-30-28(26)44-33(40)35-30)32(39)36(31(27)38)22-9-3-2-4-10-22/h2-16,26-27,29H,17H2,1H3,(H,34,37)(H,35,40)/t26-,27-,29+/m0/s1. The molecular formula is C33H25N3O6S2. The first-order valence-corrected chi connectivity index (χ1v) is 15.5. The van der Waals surface area contributed by atoms with E-state index in [2.05, 4.69) is 10.3 Å². The van der Waals surface area contributed by atoms with Crippen LogP contribution in [0.4, 0.5) is 11.4 Å². The lowest BCUT2D eigenvalue weighted by molar-refractivity contribution is -0.122. The summed E-state index contributed by atoms with van der Waals surface area (Å²) in [6.07, 6.45) is 0. The zero-order valence-corrected chi connectivity index (χ0v) is 24.9. The molecule has 3 heterocycles. The molecule has 2 aliphatic rings. The molecule has 0 aliphatic carbocycles. The summed E-state index contributed by atoms with van der Waals surface area (Å²) in [7, 11) is 1.49. The van der Waals surface area contributed by atoms with Gasteiger partial charge < -0.3 is 19.8 Å². The highest BCUT2D eigenvalue weighted by atomic mass is 32.2. The van der Waals surface area contributed by atoms with Gasteiger partial charge in [-0.2, -0.15) is 0 Å². The van der Waals surface area contributed by atoms with Crippen LogP contribution in [0.15, 0.2) is 101 Å². The number of nitrogens with zero attached hydrogens (tertiary/aromatic N) is 1. The Morgan fingerprint density at radius 2 is 1.66 bits per heavy atom. The van der Waals surface area contributed by atoms with Gasteiger partial charge >= 0.3 is 4.87 Å². The van der Waals surface area contributed by atoms with Gasteiger partial charge in [0.05, 0.1) is 23.7 Å². The highest BCUT2D eigenvalue weighted by Crippen LogP contribution is 2.53. The van der Waals surface area contributed by atoms with E-state index in [4.69, 9.17) is 9.47 Å². The Morgan fingerprint density at radius 3 is 2.45 bits per heavy atom. The van der Waals surface area contributed by atoms with Crippen LogP contribution in [-0.4, -0.2) is 41.7 Å². The van der Waals surface area contributed by atoms with Gasteiger partial charge in [0.15, 0.2) is 18.1 Å². The zero-order chi connectivity index (χ0) is 30.4. The molecule has 5 aromatic rings. The van der Waals surface area contributed by atoms with Crippen molar-refractivity contribution < 1.29 is 23.9 Å². The number of H-pyrrole nitrogens is 1. The Labute approximate surface area is 259 Å². The van der Waals surface area contributed by atoms with Gasteiger partial charge in [0.25, 0.3) is 5.91 Å². The minimum atomic E-state index is -0.726. The fraction of sp³-hybridized carbons (Fsp3) is 0.152. The van der Waals surface area contributed by atoms with Gasteiger partial charge in [-0.1, -0.05) is 77.7 Å². The molecule has 0 bridgehead atoms. The second kappa shape index (κ2) is 11.3. The summed E-state index contributed by atoms with van der Waals surface area (Å²) < 4.78 is 11.5. The van der Waals surface area contributed by atoms with Crippen LogP contribution in [0.5, 0.6) is 11.5 Å². The quantitative estimate of drug-likeness (QED) is 0.233. The molecule has 7 rings (SSSR count). The summed E-state index contributed by atoms with van der Waals surface area (Å²) in [4.78, 5) is 57.1. The molecule has 44 heavy (non-hydrogen) atoms. The third-order valence-electron chi connectivity index (χ3n) is 7.78. The molecule has 0 unspecified atom stereocenters. The Hall–Kier alpha value is -4.87. The first-order chi connectivity index (χ1) is 21.4. The van der Waals surface area contributed by atoms with Crippen LogP contribution in [0.2, 0.25) is 0 Å². The number of anilines is 2. The number of carbonyl (C=O) groups excluding carboxylic acids is 3. The number of ether oxygens (including phenoxy) is 2. The number of amides is 3. The Bertz CT molecular complexity index is 1990. The van der Waals surface area contributed by atoms with Crippen molar-refractivity contribution in [2.24, 2.45) is 5.92 Å². The monoisotopic (exact) mass is 623 g/mol. The molecule has 220 valence electrons. The first kappa shape index (κ1) is 27.9. The lowest BCUT2D eigenvalue weighted by atomic mass is 9.83. The number of rotatable bonds is 7. The third-order valence-corrected chi connectivity index (χ3v) is 10.2. The largest absolute Gasteiger partial charge is 0.493 e. The molecule has 11 heteroatoms. The number of aromatic amines is 1. The minimum Gasteiger partial charge on any atom is -0.493 e. The number of aromatic nitrogens is 1. The maximum Gasteiger partial charge on any atom is 0.305 e. The van der Waals surface area contributed by atoms with Crippen LogP contribution in [0.3, 0.4) is 0 Å². The molecule has 0 spiro atoms. The lowest BCUT2D eigenvalue weighted by Gasteiger charge is -2.30. The zero-order valence-electron chi connectivity index (χ0n) is 23.3. The molecular weight excluding hydrogens is 599 g/mol. The minimum absolute atomic E-state index is 0.253. The predicted molar refractivity (Wildman–Crippen MR) is 170 cm³/mol. The van der Waals surface area contributed by atoms with E-state index in [0.29, 0.717) is 38.3 Å². The van der Waals surface area contributed by atoms with Crippen LogP contribution in [0, 0.1) is 5.92 Å². The molecule has 2 N–H and O–H groups in total. The Kier molecular flexibility index (Phi) is 7.19. The first-order valence-electron chi connectivity index (χ1n) is 13.8. The van der Waals surface area contributed by atoms with Crippen molar-refractivity contribution in [2.45, 2.75) is 16.2 Å². The molecule has 1 aromatic heterocycles. The maximum atomic E-state index is 13.9. The number of benzene rings is 4. The number of hydrogen-bond donors (Lipinski definition) is 2. The highest BCUT2D eigenvalue weighted by Gasteiger charge is 2.56. The highest BCUT2D eigenvalue weighted by molar-refractivity contribution is 8.00. The lowest BCUT2D eigenvalue weighted by Crippen LogP contribution is -2.32. The summed E-state index contributed by atoms with van der Waals surface area (Å²) in [5.41, 5.74) is 1.86. The molecule has 3 amide bonds. The third kappa shape index (κ3) is 4.93. The van der Waals surface area contributed by atoms with E-state index in [-0.39, 0.29) is 29.2 Å². The van der Waals surface area contributed by atoms with Crippen molar-refractivity contribution >= 4 is 63.0 Å². The summed E-state index contributed by atoms with van der Waals surface area (Å²) in [6.45, 7) is -0.254. The van der Waals surface area contributed by atoms with Gasteiger partial charge in [0, 0.05) is 16.5 Å². The fourth-order valence-electron chi connectivity index (χ4n) is 5.81. The maximum absolute atomic E-state index is 13.9. The Morgan fingerprint density at radius 1 is 0.886 bits per heavy atom. The topological polar surface area (TPSA) is 118 Å². The summed E-state index contributed by atoms with van der Waals surface area (Å²) in [6, 6.07) is 27.6. The van der Waals surface area contributed by atoms with Crippen LogP contribution >= 0.6 is 23.1 Å². The molecule has 4 aromatic carbocycles. The van der Waals surface area contributed by atoms with Gasteiger partial charge in [-0.15, -0.1) is 0 Å². The van der Waals surface area contributed by atoms with E-state index < -0.39 is 17.1 Å². The SMILES string of the molecule is COc1cc([C@@H]2c3sc(=O)[nH]c3S[C@H]3C(=O)N(c4ccccc4)C(=O)[C@@H]23)ccc1OCC(=O)Nc1ccc2ccccc2c1. The molecule has 0 radical (unpaired) electrons. The number of imide groups is 1. The van der Waals surface area contributed by atoms with E-state index in [9.17, 15) is 19.2 Å². The molecule has 1 saturated heterocycles. The second-order valence-electron chi connectivity index (χ2n) is 10.4. The Balaban J connectivity index is 1.15. The van der Waals surface area contributed by atoms with E-state index in [1.54, 1.807) is 42.5 Å². The van der Waals surface area contributed by atoms with Gasteiger partial charge in [-0.3, -0.25) is 19.2 Å². The van der Waals surface area contributed by atoms with E-state index >= 15 is 0 Å². The number of carbonyl (C=O) groups is 3. The average Bonchev–Trinajstić information content (AvgIpc) is 3.54. The number of fused-ring (bicyclic) bond motifs is 3. The molecule has 1 fully saturated rings. The number of para-hydroxylation sites is 1. The summed E-state index contributed by atoms with van der Waals surface area (Å²) in [5.74, 6) is -1.56. The number of nitrogens with one attached hydrogen (secondary N) is 2. The van der Waals surface area contributed by atoms with Crippen LogP contribution in [0.1, 0.15) is 16.4 Å². The van der Waals surface area contributed by atoms with Crippen LogP contribution in [0.25, 0.3) is 10.8 Å². The van der Waals surface area contributed by atoms with Gasteiger partial charge in [-0.25, -0.2) is 4.90 Å². The van der Waals surface area contributed by atoms with Crippen molar-refractivity contribution in [3.63, 3.8) is 0 Å². The van der Waals surface area contributed by atoms with Gasteiger partial charge in [0.2, 0.25) is 11.8 Å². The van der Waals surface area contributed by atoms with Gasteiger partial charge in [-0.05, 0) is 52.7 Å². The van der Waals surface area contributed by atoms with Crippen molar-refractivity contribution in [2.75, 3.05) is 23.9 Å². The molecule has 9 nitrogen and oxygen atoms in total. The molecule has 0 saturated carbocycles. The molecule has 3 atom stereocenters. The van der Waals surface area contributed by atoms with Crippen LogP contribution in [-0.2, 0) is 14.4 Å². The fourth-order valence-corrected chi connectivity index (χ4v) is 8.33. The van der Waals surface area contributed by atoms with E-state index in [0.717, 1.165) is 22.1 Å². The van der Waals surface area contributed by atoms with Crippen molar-refractivity contribution in [3.05, 3.63) is 111 Å². The van der Waals surface area contributed by atoms with Crippen molar-refractivity contribution in [1.82, 2.24) is 4.98 Å². The van der Waals surface area contributed by atoms with Crippen molar-refractivity contribution in [1.29, 1.82) is 0 Å². The average molecular weight is 624 g/mol. The summed E-state index contributed by atoms with van der Waals surface area (Å²) in [5, 5.41) is 4.83. The normalized spacial score (nSPS) is 19.0. The number of thiazole rings is 1. The van der Waals surface area contributed by atoms with Crippen LogP contribution < -0.4 is 24.6 Å². The van der Waals surface area contributed by atoms with E-state index in [1.165, 1.54) is 23.8 Å². The van der Waals surface area contributed by atoms with E-state index in [1.807, 2.05) is 48.5 Å². The predicted octanol–water partition coefficient (Wildman–Crippen LogP) is 5.41. The number of thioether (sulfide) groups is 1.